The van der Waals surface area contributed by atoms with Crippen LogP contribution in [0.5, 0.6) is 5.75 Å². The molecule has 0 unspecified atom stereocenters. The van der Waals surface area contributed by atoms with Crippen LogP contribution in [0, 0.1) is 0 Å². The molecule has 6 rings (SSSR count). The molecule has 4 aliphatic rings. The Morgan fingerprint density at radius 1 is 0.784 bits per heavy atom. The molecule has 0 saturated carbocycles. The molecule has 0 spiro atoms. The first kappa shape index (κ1) is 26.9. The molecule has 0 saturated heterocycles. The molecule has 0 atom stereocenters. The van der Waals surface area contributed by atoms with E-state index in [0.717, 1.165) is 53.4 Å². The van der Waals surface area contributed by atoms with Gasteiger partial charge in [-0.3, -0.25) is 9.80 Å². The molecule has 0 radical (unpaired) electrons. The number of hydrogen-bond donors (Lipinski definition) is 1. The van der Waals surface area contributed by atoms with Gasteiger partial charge in [-0.25, -0.2) is 8.42 Å². The zero-order chi connectivity index (χ0) is 25.5. The molecule has 0 aromatic heterocycles. The van der Waals surface area contributed by atoms with Crippen molar-refractivity contribution in [2.75, 3.05) is 66.8 Å². The number of hydrogen-bond acceptors (Lipinski definition) is 10. The number of anilines is 4. The van der Waals surface area contributed by atoms with E-state index in [1.165, 1.54) is 5.69 Å². The summed E-state index contributed by atoms with van der Waals surface area (Å²) in [5.74, 6) is 0.254. The first-order chi connectivity index (χ1) is 17.1. The van der Waals surface area contributed by atoms with Crippen molar-refractivity contribution in [3.8, 4) is 5.75 Å². The third-order valence-electron chi connectivity index (χ3n) is 7.89. The summed E-state index contributed by atoms with van der Waals surface area (Å²) in [6.45, 7) is 9.99. The minimum atomic E-state index is -4.67. The van der Waals surface area contributed by atoms with Gasteiger partial charge in [0.1, 0.15) is 15.9 Å². The molecule has 194 valence electrons. The number of benzene rings is 2. The first-order valence-corrected chi connectivity index (χ1v) is 13.9. The van der Waals surface area contributed by atoms with Crippen LogP contribution in [-0.2, 0) is 36.3 Å². The van der Waals surface area contributed by atoms with Gasteiger partial charge in [0.15, 0.2) is 0 Å². The summed E-state index contributed by atoms with van der Waals surface area (Å²) in [4.78, 5) is 13.0. The van der Waals surface area contributed by atoms with Crippen LogP contribution >= 0.6 is 0 Å². The molecule has 2 bridgehead atoms. The van der Waals surface area contributed by atoms with E-state index < -0.39 is 10.1 Å². The predicted octanol–water partition coefficient (Wildman–Crippen LogP) is -0.944. The zero-order valence-corrected chi connectivity index (χ0v) is 25.1. The van der Waals surface area contributed by atoms with Gasteiger partial charge in [-0.05, 0) is 51.2 Å². The third-order valence-corrected chi connectivity index (χ3v) is 8.74. The van der Waals surface area contributed by atoms with Crippen LogP contribution in [0.2, 0.25) is 0 Å². The Hall–Kier alpha value is -1.73. The Labute approximate surface area is 241 Å². The van der Waals surface area contributed by atoms with Crippen LogP contribution < -0.4 is 49.2 Å². The van der Waals surface area contributed by atoms with E-state index in [-0.39, 0.29) is 40.2 Å². The molecule has 37 heavy (non-hydrogen) atoms. The van der Waals surface area contributed by atoms with Gasteiger partial charge in [0, 0.05) is 56.1 Å². The quantitative estimate of drug-likeness (QED) is 0.391. The fourth-order valence-electron chi connectivity index (χ4n) is 6.63. The molecule has 2 aromatic carbocycles. The SMILES string of the molecule is CCN1CN(C)Cc2cc(O)c3c(c21)CN1CN3Cc2cc(S(=O)(=O)[O-])c3c(c21)CN(C)CN3CC.[Na+]. The summed E-state index contributed by atoms with van der Waals surface area (Å²) in [6, 6.07) is 3.46. The van der Waals surface area contributed by atoms with E-state index in [4.69, 9.17) is 0 Å². The summed E-state index contributed by atoms with van der Waals surface area (Å²) in [7, 11) is -0.564. The number of nitrogens with zero attached hydrogens (tertiary/aromatic N) is 6. The van der Waals surface area contributed by atoms with E-state index in [1.807, 2.05) is 24.9 Å². The maximum atomic E-state index is 12.4. The Balaban J connectivity index is 0.00000280. The molecule has 10 nitrogen and oxygen atoms in total. The molecule has 2 aromatic rings. The average Bonchev–Trinajstić information content (AvgIpc) is 2.80. The van der Waals surface area contributed by atoms with E-state index in [9.17, 15) is 18.1 Å². The van der Waals surface area contributed by atoms with Crippen LogP contribution in [-0.4, -0.2) is 75.1 Å². The van der Waals surface area contributed by atoms with Gasteiger partial charge < -0.3 is 29.3 Å². The maximum Gasteiger partial charge on any atom is 1.00 e. The Bertz CT molecular complexity index is 1370. The summed E-state index contributed by atoms with van der Waals surface area (Å²) in [6.07, 6.45) is 0. The fraction of sp³-hybridized carbons (Fsp3) is 0.520. The summed E-state index contributed by atoms with van der Waals surface area (Å²) >= 11 is 0. The van der Waals surface area contributed by atoms with Gasteiger partial charge >= 0.3 is 29.6 Å². The average molecular weight is 537 g/mol. The topological polar surface area (TPSA) is 96.9 Å². The molecular weight excluding hydrogens is 503 g/mol. The van der Waals surface area contributed by atoms with Gasteiger partial charge in [-0.15, -0.1) is 0 Å². The third kappa shape index (κ3) is 4.19. The number of phenols is 1. The van der Waals surface area contributed by atoms with Crippen LogP contribution in [0.1, 0.15) is 36.1 Å². The number of aromatic hydroxyl groups is 1. The largest absolute Gasteiger partial charge is 1.00 e. The van der Waals surface area contributed by atoms with Gasteiger partial charge in [-0.2, -0.15) is 0 Å². The standard InChI is InChI=1S/C25H34N6O4S.Na/c1-5-28-13-26(3)9-16-7-20(32)24-19(22(16)28)12-31-15-30(24)10-17-8-21(36(33,34)35)25-18(23(17)31)11-27(4)14-29(25)6-2;/h7-8,32H,5-6,9-15H2,1-4H3,(H,33,34,35);/q;+1/p-1. The van der Waals surface area contributed by atoms with Crippen molar-refractivity contribution < 1.29 is 47.6 Å². The van der Waals surface area contributed by atoms with Crippen molar-refractivity contribution in [3.05, 3.63) is 34.4 Å². The molecule has 0 aliphatic carbocycles. The van der Waals surface area contributed by atoms with E-state index in [1.54, 1.807) is 6.07 Å². The van der Waals surface area contributed by atoms with Crippen molar-refractivity contribution in [3.63, 3.8) is 0 Å². The summed E-state index contributed by atoms with van der Waals surface area (Å²) in [5.41, 5.74) is 7.54. The second-order valence-corrected chi connectivity index (χ2v) is 11.8. The minimum Gasteiger partial charge on any atom is -0.744 e. The Kier molecular flexibility index (Phi) is 6.88. The minimum absolute atomic E-state index is 0. The van der Waals surface area contributed by atoms with Crippen molar-refractivity contribution in [2.24, 2.45) is 0 Å². The summed E-state index contributed by atoms with van der Waals surface area (Å²) < 4.78 is 37.2. The van der Waals surface area contributed by atoms with Crippen molar-refractivity contribution in [1.29, 1.82) is 0 Å². The van der Waals surface area contributed by atoms with Crippen LogP contribution in [0.15, 0.2) is 17.0 Å². The van der Waals surface area contributed by atoms with Crippen molar-refractivity contribution >= 4 is 32.9 Å². The zero-order valence-electron chi connectivity index (χ0n) is 22.3. The van der Waals surface area contributed by atoms with Crippen LogP contribution in [0.3, 0.4) is 0 Å². The molecule has 12 heteroatoms. The van der Waals surface area contributed by atoms with Crippen LogP contribution in [0.4, 0.5) is 22.7 Å². The smallest absolute Gasteiger partial charge is 0.744 e. The molecule has 1 N–H and O–H groups in total. The van der Waals surface area contributed by atoms with Gasteiger partial charge in [-0.1, -0.05) is 0 Å². The molecule has 4 heterocycles. The van der Waals surface area contributed by atoms with Crippen molar-refractivity contribution in [2.45, 2.75) is 44.9 Å². The fourth-order valence-corrected chi connectivity index (χ4v) is 7.41. The normalized spacial score (nSPS) is 19.2. The second-order valence-electron chi connectivity index (χ2n) is 10.5. The summed E-state index contributed by atoms with van der Waals surface area (Å²) in [5, 5.41) is 11.1. The molecule has 0 fully saturated rings. The monoisotopic (exact) mass is 536 g/mol. The van der Waals surface area contributed by atoms with E-state index in [0.29, 0.717) is 45.2 Å². The van der Waals surface area contributed by atoms with Gasteiger partial charge in [0.05, 0.1) is 42.0 Å². The predicted molar refractivity (Wildman–Crippen MR) is 138 cm³/mol. The molecule has 4 aliphatic heterocycles. The van der Waals surface area contributed by atoms with E-state index in [2.05, 4.69) is 38.5 Å². The Morgan fingerprint density at radius 2 is 1.35 bits per heavy atom. The van der Waals surface area contributed by atoms with Gasteiger partial charge in [0.2, 0.25) is 0 Å². The maximum absolute atomic E-state index is 12.4. The Morgan fingerprint density at radius 3 is 2.00 bits per heavy atom. The van der Waals surface area contributed by atoms with Crippen molar-refractivity contribution in [1.82, 2.24) is 9.80 Å². The number of phenolic OH excluding ortho intramolecular Hbond substituents is 1. The van der Waals surface area contributed by atoms with Gasteiger partial charge in [0.25, 0.3) is 0 Å². The van der Waals surface area contributed by atoms with E-state index >= 15 is 0 Å². The number of fused-ring (bicyclic) bond motifs is 10. The second kappa shape index (κ2) is 9.48. The molecule has 0 amide bonds. The first-order valence-electron chi connectivity index (χ1n) is 12.5. The number of rotatable bonds is 3. The van der Waals surface area contributed by atoms with Crippen LogP contribution in [0.25, 0.3) is 0 Å². The molecular formula is C25H33N6NaO4S.